The predicted molar refractivity (Wildman–Crippen MR) is 92.6 cm³/mol. The normalized spacial score (nSPS) is 27.2. The highest BCUT2D eigenvalue weighted by Crippen LogP contribution is 2.41. The molecule has 0 bridgehead atoms. The van der Waals surface area contributed by atoms with Gasteiger partial charge >= 0.3 is 0 Å². The van der Waals surface area contributed by atoms with Gasteiger partial charge in [0.25, 0.3) is 0 Å². The van der Waals surface area contributed by atoms with Gasteiger partial charge in [-0.2, -0.15) is 9.40 Å². The Kier molecular flexibility index (Phi) is 4.33. The van der Waals surface area contributed by atoms with Crippen LogP contribution in [0, 0.1) is 0 Å². The Morgan fingerprint density at radius 1 is 1.31 bits per heavy atom. The minimum atomic E-state index is -3.64. The fourth-order valence-corrected chi connectivity index (χ4v) is 6.04. The largest absolute Gasteiger partial charge is 0.381 e. The van der Waals surface area contributed by atoms with Gasteiger partial charge in [-0.15, -0.1) is 0 Å². The molecule has 1 spiro atoms. The molecule has 0 aromatic carbocycles. The van der Waals surface area contributed by atoms with Gasteiger partial charge in [-0.05, 0) is 6.92 Å². The van der Waals surface area contributed by atoms with Crippen molar-refractivity contribution in [3.05, 3.63) is 12.4 Å². The van der Waals surface area contributed by atoms with Crippen LogP contribution >= 0.6 is 0 Å². The predicted octanol–water partition coefficient (Wildman–Crippen LogP) is -0.536. The zero-order valence-corrected chi connectivity index (χ0v) is 16.0. The van der Waals surface area contributed by atoms with Crippen molar-refractivity contribution in [2.75, 3.05) is 39.4 Å². The lowest BCUT2D eigenvalue weighted by Gasteiger charge is -2.48. The first-order chi connectivity index (χ1) is 12.4. The van der Waals surface area contributed by atoms with Crippen LogP contribution in [0.5, 0.6) is 0 Å². The summed E-state index contributed by atoms with van der Waals surface area (Å²) in [5.41, 5.74) is -0.321. The first-order valence-corrected chi connectivity index (χ1v) is 10.5. The first kappa shape index (κ1) is 17.9. The lowest BCUT2D eigenvalue weighted by atomic mass is 9.97. The molecule has 0 unspecified atom stereocenters. The van der Waals surface area contributed by atoms with Gasteiger partial charge in [0.2, 0.25) is 15.9 Å². The molecule has 10 heteroatoms. The van der Waals surface area contributed by atoms with Gasteiger partial charge in [-0.25, -0.2) is 8.42 Å². The lowest BCUT2D eigenvalue weighted by molar-refractivity contribution is -0.135. The van der Waals surface area contributed by atoms with E-state index in [0.29, 0.717) is 32.8 Å². The van der Waals surface area contributed by atoms with Gasteiger partial charge in [-0.1, -0.05) is 0 Å². The fourth-order valence-electron chi connectivity index (χ4n) is 4.61. The van der Waals surface area contributed by atoms with Crippen LogP contribution in [0.2, 0.25) is 0 Å². The molecule has 144 valence electrons. The van der Waals surface area contributed by atoms with E-state index in [-0.39, 0.29) is 23.0 Å². The van der Waals surface area contributed by atoms with Gasteiger partial charge in [-0.3, -0.25) is 14.4 Å². The molecule has 3 saturated heterocycles. The SMILES string of the molecule is CCN1C(=O)[C@H]2CN(S(=O)(=O)c3cnn(C)c3)CCN2C12CCOCC2. The van der Waals surface area contributed by atoms with Crippen molar-refractivity contribution in [2.24, 2.45) is 7.05 Å². The molecule has 26 heavy (non-hydrogen) atoms. The molecule has 0 radical (unpaired) electrons. The number of hydrogen-bond acceptors (Lipinski definition) is 6. The maximum atomic E-state index is 13.1. The van der Waals surface area contributed by atoms with E-state index in [4.69, 9.17) is 4.74 Å². The van der Waals surface area contributed by atoms with E-state index in [1.54, 1.807) is 7.05 Å². The van der Waals surface area contributed by atoms with Crippen LogP contribution in [0.3, 0.4) is 0 Å². The van der Waals surface area contributed by atoms with Gasteiger partial charge in [0.15, 0.2) is 0 Å². The van der Waals surface area contributed by atoms with E-state index in [1.807, 2.05) is 11.8 Å². The Bertz CT molecular complexity index is 801. The number of likely N-dealkylation sites (N-methyl/N-ethyl adjacent to an activating group) is 1. The highest BCUT2D eigenvalue weighted by Gasteiger charge is 2.58. The Morgan fingerprint density at radius 2 is 2.04 bits per heavy atom. The van der Waals surface area contributed by atoms with Crippen LogP contribution in [0.1, 0.15) is 19.8 Å². The second-order valence-electron chi connectivity index (χ2n) is 7.10. The van der Waals surface area contributed by atoms with Crippen LogP contribution in [0.25, 0.3) is 0 Å². The van der Waals surface area contributed by atoms with Crippen molar-refractivity contribution in [3.63, 3.8) is 0 Å². The molecule has 1 atom stereocenters. The first-order valence-electron chi connectivity index (χ1n) is 9.05. The number of piperazine rings is 1. The number of sulfonamides is 1. The molecular formula is C16H25N5O4S. The zero-order valence-electron chi connectivity index (χ0n) is 15.2. The summed E-state index contributed by atoms with van der Waals surface area (Å²) in [6, 6.07) is -0.423. The number of rotatable bonds is 3. The monoisotopic (exact) mass is 383 g/mol. The van der Waals surface area contributed by atoms with Crippen molar-refractivity contribution in [1.82, 2.24) is 23.9 Å². The molecule has 0 saturated carbocycles. The summed E-state index contributed by atoms with van der Waals surface area (Å²) in [6.07, 6.45) is 4.41. The third-order valence-electron chi connectivity index (χ3n) is 5.86. The van der Waals surface area contributed by atoms with Crippen molar-refractivity contribution < 1.29 is 17.9 Å². The van der Waals surface area contributed by atoms with E-state index in [9.17, 15) is 13.2 Å². The standard InChI is InChI=1S/C16H25N5O4S/c1-3-20-15(22)14-12-19(26(23,24)13-10-17-18(2)11-13)6-7-21(14)16(20)4-8-25-9-5-16/h10-11,14H,3-9,12H2,1-2H3/t14-/m1/s1. The second kappa shape index (κ2) is 6.29. The third kappa shape index (κ3) is 2.50. The van der Waals surface area contributed by atoms with E-state index in [2.05, 4.69) is 10.00 Å². The minimum Gasteiger partial charge on any atom is -0.381 e. The topological polar surface area (TPSA) is 88.0 Å². The maximum absolute atomic E-state index is 13.1. The zero-order chi connectivity index (χ0) is 18.5. The molecule has 3 aliphatic rings. The molecule has 1 amide bonds. The highest BCUT2D eigenvalue weighted by molar-refractivity contribution is 7.89. The molecule has 3 fully saturated rings. The number of hydrogen-bond donors (Lipinski definition) is 0. The van der Waals surface area contributed by atoms with Gasteiger partial charge < -0.3 is 9.64 Å². The minimum absolute atomic E-state index is 0.0282. The summed E-state index contributed by atoms with van der Waals surface area (Å²) < 4.78 is 34.3. The van der Waals surface area contributed by atoms with E-state index < -0.39 is 16.1 Å². The van der Waals surface area contributed by atoms with Gasteiger partial charge in [0.1, 0.15) is 16.6 Å². The quantitative estimate of drug-likeness (QED) is 0.697. The summed E-state index contributed by atoms with van der Waals surface area (Å²) in [6.45, 7) is 4.98. The average Bonchev–Trinajstić information content (AvgIpc) is 3.17. The molecule has 0 aliphatic carbocycles. The fraction of sp³-hybridized carbons (Fsp3) is 0.750. The molecule has 4 rings (SSSR count). The highest BCUT2D eigenvalue weighted by atomic mass is 32.2. The molecule has 0 N–H and O–H groups in total. The summed E-state index contributed by atoms with van der Waals surface area (Å²) in [4.78, 5) is 17.4. The number of ether oxygens (including phenoxy) is 1. The molecule has 1 aromatic rings. The number of nitrogens with zero attached hydrogens (tertiary/aromatic N) is 5. The molecular weight excluding hydrogens is 358 g/mol. The number of aryl methyl sites for hydroxylation is 1. The van der Waals surface area contributed by atoms with Crippen LogP contribution in [-0.4, -0.2) is 89.3 Å². The summed E-state index contributed by atoms with van der Waals surface area (Å²) in [7, 11) is -1.96. The summed E-state index contributed by atoms with van der Waals surface area (Å²) in [5, 5.41) is 3.96. The summed E-state index contributed by atoms with van der Waals surface area (Å²) >= 11 is 0. The third-order valence-corrected chi connectivity index (χ3v) is 7.68. The average molecular weight is 383 g/mol. The second-order valence-corrected chi connectivity index (χ2v) is 9.04. The van der Waals surface area contributed by atoms with Crippen molar-refractivity contribution in [2.45, 2.75) is 36.4 Å². The van der Waals surface area contributed by atoms with Gasteiger partial charge in [0.05, 0.1) is 19.4 Å². The van der Waals surface area contributed by atoms with Crippen molar-refractivity contribution in [3.8, 4) is 0 Å². The van der Waals surface area contributed by atoms with Gasteiger partial charge in [0, 0.05) is 52.3 Å². The number of aromatic nitrogens is 2. The Morgan fingerprint density at radius 3 is 2.65 bits per heavy atom. The number of amides is 1. The number of fused-ring (bicyclic) bond motifs is 2. The molecule has 4 heterocycles. The maximum Gasteiger partial charge on any atom is 0.246 e. The smallest absolute Gasteiger partial charge is 0.246 e. The van der Waals surface area contributed by atoms with E-state index in [1.165, 1.54) is 21.4 Å². The van der Waals surface area contributed by atoms with Crippen LogP contribution in [0.4, 0.5) is 0 Å². The van der Waals surface area contributed by atoms with Crippen LogP contribution in [0.15, 0.2) is 17.3 Å². The lowest BCUT2D eigenvalue weighted by Crippen LogP contribution is -2.62. The van der Waals surface area contributed by atoms with Crippen molar-refractivity contribution in [1.29, 1.82) is 0 Å². The molecule has 9 nitrogen and oxygen atoms in total. The van der Waals surface area contributed by atoms with Crippen LogP contribution < -0.4 is 0 Å². The number of carbonyl (C=O) groups excluding carboxylic acids is 1. The van der Waals surface area contributed by atoms with E-state index in [0.717, 1.165) is 12.8 Å². The van der Waals surface area contributed by atoms with Crippen molar-refractivity contribution >= 4 is 15.9 Å². The molecule has 3 aliphatic heterocycles. The van der Waals surface area contributed by atoms with Crippen LogP contribution in [-0.2, 0) is 26.6 Å². The Labute approximate surface area is 153 Å². The van der Waals surface area contributed by atoms with E-state index >= 15 is 0 Å². The number of carbonyl (C=O) groups is 1. The molecule has 1 aromatic heterocycles. The Balaban J connectivity index is 1.62. The Hall–Kier alpha value is -1.49. The summed E-state index contributed by atoms with van der Waals surface area (Å²) in [5.74, 6) is 0.0282.